The first kappa shape index (κ1) is 12.9. The van der Waals surface area contributed by atoms with Gasteiger partial charge in [-0.05, 0) is 41.0 Å². The molecule has 0 aromatic heterocycles. The van der Waals surface area contributed by atoms with E-state index in [1.807, 2.05) is 5.06 Å². The molecule has 3 heteroatoms. The zero-order valence-corrected chi connectivity index (χ0v) is 9.66. The van der Waals surface area contributed by atoms with E-state index in [0.717, 1.165) is 0 Å². The van der Waals surface area contributed by atoms with Crippen molar-refractivity contribution in [3.8, 4) is 0 Å². The second kappa shape index (κ2) is 4.94. The molecular weight excluding hydrogens is 166 g/mol. The molecule has 0 aromatic rings. The number of nitrogens with zero attached hydrogens (tertiary/aromatic N) is 1. The van der Waals surface area contributed by atoms with E-state index in [2.05, 4.69) is 27.7 Å². The zero-order valence-electron chi connectivity index (χ0n) is 9.66. The highest BCUT2D eigenvalue weighted by Crippen LogP contribution is 2.23. The van der Waals surface area contributed by atoms with Gasteiger partial charge in [0.2, 0.25) is 0 Å². The molecule has 1 N–H and O–H groups in total. The van der Waals surface area contributed by atoms with E-state index in [0.29, 0.717) is 12.5 Å². The average Bonchev–Trinajstić information content (AvgIpc) is 1.82. The third kappa shape index (κ3) is 4.07. The quantitative estimate of drug-likeness (QED) is 0.669. The first-order valence-electron chi connectivity index (χ1n) is 4.82. The standard InChI is InChI=1S/C10H23NO2/c1-8(2)11(13-6)10(4,5)7-9(3)12/h8-9,12H,7H2,1-6H3/t9-/m1/s1. The predicted molar refractivity (Wildman–Crippen MR) is 54.4 cm³/mol. The van der Waals surface area contributed by atoms with Crippen LogP contribution in [0, 0.1) is 0 Å². The van der Waals surface area contributed by atoms with Crippen molar-refractivity contribution in [3.63, 3.8) is 0 Å². The van der Waals surface area contributed by atoms with Gasteiger partial charge >= 0.3 is 0 Å². The maximum atomic E-state index is 9.33. The summed E-state index contributed by atoms with van der Waals surface area (Å²) in [5.41, 5.74) is -0.128. The van der Waals surface area contributed by atoms with Gasteiger partial charge in [-0.1, -0.05) is 0 Å². The van der Waals surface area contributed by atoms with E-state index in [-0.39, 0.29) is 11.6 Å². The summed E-state index contributed by atoms with van der Waals surface area (Å²) in [6.45, 7) is 10.1. The van der Waals surface area contributed by atoms with Crippen LogP contribution in [0.15, 0.2) is 0 Å². The van der Waals surface area contributed by atoms with Crippen LogP contribution in [0.5, 0.6) is 0 Å². The number of aliphatic hydroxyl groups is 1. The summed E-state index contributed by atoms with van der Waals surface area (Å²) >= 11 is 0. The first-order chi connectivity index (χ1) is 5.81. The molecule has 0 aliphatic rings. The van der Waals surface area contributed by atoms with Crippen LogP contribution in [0.2, 0.25) is 0 Å². The molecule has 0 radical (unpaired) electrons. The van der Waals surface area contributed by atoms with Crippen molar-refractivity contribution in [1.29, 1.82) is 0 Å². The Hall–Kier alpha value is -0.120. The summed E-state index contributed by atoms with van der Waals surface area (Å²) in [7, 11) is 1.67. The average molecular weight is 189 g/mol. The summed E-state index contributed by atoms with van der Waals surface area (Å²) in [6.07, 6.45) is 0.408. The number of rotatable bonds is 5. The minimum absolute atomic E-state index is 0.128. The van der Waals surface area contributed by atoms with Crippen LogP contribution < -0.4 is 0 Å². The number of hydrogen-bond acceptors (Lipinski definition) is 3. The molecule has 0 unspecified atom stereocenters. The molecule has 0 amide bonds. The summed E-state index contributed by atoms with van der Waals surface area (Å²) in [4.78, 5) is 5.30. The molecule has 3 nitrogen and oxygen atoms in total. The van der Waals surface area contributed by atoms with Crippen LogP contribution in [-0.4, -0.2) is 35.0 Å². The summed E-state index contributed by atoms with van der Waals surface area (Å²) in [6, 6.07) is 0.318. The highest BCUT2D eigenvalue weighted by molar-refractivity contribution is 4.80. The van der Waals surface area contributed by atoms with Crippen molar-refractivity contribution >= 4 is 0 Å². The van der Waals surface area contributed by atoms with Gasteiger partial charge in [-0.3, -0.25) is 0 Å². The highest BCUT2D eigenvalue weighted by atomic mass is 16.7. The lowest BCUT2D eigenvalue weighted by Crippen LogP contribution is -2.48. The molecule has 0 aromatic carbocycles. The van der Waals surface area contributed by atoms with Crippen LogP contribution in [0.1, 0.15) is 41.0 Å². The van der Waals surface area contributed by atoms with Gasteiger partial charge < -0.3 is 9.94 Å². The molecule has 13 heavy (non-hydrogen) atoms. The van der Waals surface area contributed by atoms with E-state index < -0.39 is 0 Å². The Kier molecular flexibility index (Phi) is 4.89. The molecule has 0 saturated carbocycles. The Morgan fingerprint density at radius 2 is 1.77 bits per heavy atom. The first-order valence-corrected chi connectivity index (χ1v) is 4.82. The van der Waals surface area contributed by atoms with Gasteiger partial charge in [0.15, 0.2) is 0 Å². The third-order valence-corrected chi connectivity index (χ3v) is 2.06. The van der Waals surface area contributed by atoms with Gasteiger partial charge in [-0.2, -0.15) is 5.06 Å². The lowest BCUT2D eigenvalue weighted by molar-refractivity contribution is -0.218. The summed E-state index contributed by atoms with van der Waals surface area (Å²) < 4.78 is 0. The maximum Gasteiger partial charge on any atom is 0.0575 e. The van der Waals surface area contributed by atoms with Gasteiger partial charge in [-0.25, -0.2) is 0 Å². The second-order valence-corrected chi connectivity index (χ2v) is 4.47. The normalized spacial score (nSPS) is 15.5. The van der Waals surface area contributed by atoms with Crippen molar-refractivity contribution < 1.29 is 9.94 Å². The van der Waals surface area contributed by atoms with Crippen LogP contribution in [-0.2, 0) is 4.84 Å². The third-order valence-electron chi connectivity index (χ3n) is 2.06. The van der Waals surface area contributed by atoms with E-state index >= 15 is 0 Å². The number of aliphatic hydroxyl groups excluding tert-OH is 1. The van der Waals surface area contributed by atoms with E-state index in [9.17, 15) is 5.11 Å². The lowest BCUT2D eigenvalue weighted by Gasteiger charge is -2.39. The van der Waals surface area contributed by atoms with Crippen LogP contribution in [0.4, 0.5) is 0 Å². The SMILES string of the molecule is CON(C(C)C)C(C)(C)C[C@@H](C)O. The Morgan fingerprint density at radius 3 is 2.00 bits per heavy atom. The van der Waals surface area contributed by atoms with Gasteiger partial charge in [0, 0.05) is 11.6 Å². The molecule has 1 atom stereocenters. The lowest BCUT2D eigenvalue weighted by atomic mass is 9.96. The van der Waals surface area contributed by atoms with Crippen molar-refractivity contribution in [2.24, 2.45) is 0 Å². The van der Waals surface area contributed by atoms with Crippen molar-refractivity contribution in [3.05, 3.63) is 0 Å². The van der Waals surface area contributed by atoms with Crippen molar-refractivity contribution in [2.75, 3.05) is 7.11 Å². The van der Waals surface area contributed by atoms with E-state index in [1.165, 1.54) is 0 Å². The Morgan fingerprint density at radius 1 is 1.31 bits per heavy atom. The molecule has 80 valence electrons. The van der Waals surface area contributed by atoms with Crippen molar-refractivity contribution in [2.45, 2.75) is 58.7 Å². The number of hydroxylamine groups is 2. The fourth-order valence-corrected chi connectivity index (χ4v) is 1.97. The number of hydrogen-bond donors (Lipinski definition) is 1. The van der Waals surface area contributed by atoms with Gasteiger partial charge in [0.25, 0.3) is 0 Å². The van der Waals surface area contributed by atoms with Crippen LogP contribution in [0.3, 0.4) is 0 Å². The topological polar surface area (TPSA) is 32.7 Å². The Bertz CT molecular complexity index is 144. The zero-order chi connectivity index (χ0) is 10.6. The fourth-order valence-electron chi connectivity index (χ4n) is 1.97. The molecule has 0 aliphatic carbocycles. The predicted octanol–water partition coefficient (Wildman–Crippen LogP) is 1.81. The van der Waals surface area contributed by atoms with E-state index in [1.54, 1.807) is 14.0 Å². The second-order valence-electron chi connectivity index (χ2n) is 4.47. The maximum absolute atomic E-state index is 9.33. The van der Waals surface area contributed by atoms with Crippen LogP contribution in [0.25, 0.3) is 0 Å². The molecule has 0 rings (SSSR count). The molecular formula is C10H23NO2. The minimum atomic E-state index is -0.300. The largest absolute Gasteiger partial charge is 0.393 e. The summed E-state index contributed by atoms with van der Waals surface area (Å²) in [5, 5.41) is 11.2. The smallest absolute Gasteiger partial charge is 0.0575 e. The monoisotopic (exact) mass is 189 g/mol. The summed E-state index contributed by atoms with van der Waals surface area (Å²) in [5.74, 6) is 0. The molecule has 0 fully saturated rings. The Balaban J connectivity index is 4.37. The Labute approximate surface area is 81.6 Å². The van der Waals surface area contributed by atoms with Gasteiger partial charge in [0.05, 0.1) is 13.2 Å². The minimum Gasteiger partial charge on any atom is -0.393 e. The molecule has 0 saturated heterocycles. The van der Waals surface area contributed by atoms with Crippen LogP contribution >= 0.6 is 0 Å². The highest BCUT2D eigenvalue weighted by Gasteiger charge is 2.30. The van der Waals surface area contributed by atoms with Gasteiger partial charge in [0.1, 0.15) is 0 Å². The van der Waals surface area contributed by atoms with Crippen molar-refractivity contribution in [1.82, 2.24) is 5.06 Å². The van der Waals surface area contributed by atoms with Gasteiger partial charge in [-0.15, -0.1) is 0 Å². The molecule has 0 spiro atoms. The van der Waals surface area contributed by atoms with E-state index in [4.69, 9.17) is 4.84 Å². The fraction of sp³-hybridized carbons (Fsp3) is 1.00. The molecule has 0 aliphatic heterocycles. The molecule has 0 bridgehead atoms. The molecule has 0 heterocycles.